The van der Waals surface area contributed by atoms with Crippen LogP contribution in [0.5, 0.6) is 5.75 Å². The highest BCUT2D eigenvalue weighted by Crippen LogP contribution is 2.35. The normalized spacial score (nSPS) is 21.1. The van der Waals surface area contributed by atoms with Gasteiger partial charge in [-0.2, -0.15) is 4.98 Å². The Bertz CT molecular complexity index is 1070. The molecule has 1 aromatic carbocycles. The van der Waals surface area contributed by atoms with Crippen molar-refractivity contribution < 1.29 is 33.3 Å². The maximum Gasteiger partial charge on any atom is 0.653 e. The van der Waals surface area contributed by atoms with Crippen molar-refractivity contribution in [2.24, 2.45) is 0 Å². The lowest BCUT2D eigenvalue weighted by molar-refractivity contribution is -0.153. The van der Waals surface area contributed by atoms with Crippen molar-refractivity contribution >= 4 is 20.0 Å². The second kappa shape index (κ2) is 11.8. The molecule has 5 atom stereocenters. The molecule has 0 radical (unpaired) electrons. The van der Waals surface area contributed by atoms with E-state index < -0.39 is 44.3 Å². The molecule has 1 aliphatic rings. The molecule has 12 nitrogen and oxygen atoms in total. The molecule has 1 aromatic heterocycles. The summed E-state index contributed by atoms with van der Waals surface area (Å²) in [5.74, 6) is -0.309. The number of hydrogen-bond acceptors (Lipinski definition) is 10. The van der Waals surface area contributed by atoms with Crippen molar-refractivity contribution in [3.63, 3.8) is 0 Å². The Morgan fingerprint density at radius 3 is 2.85 bits per heavy atom. The third-order valence-corrected chi connectivity index (χ3v) is 5.95. The van der Waals surface area contributed by atoms with E-state index >= 15 is 0 Å². The highest BCUT2D eigenvalue weighted by molar-refractivity contribution is 7.36. The first-order valence-corrected chi connectivity index (χ1v) is 11.5. The number of benzene rings is 1. The number of aliphatic hydroxyl groups excluding tert-OH is 1. The van der Waals surface area contributed by atoms with Crippen LogP contribution in [0.4, 0.5) is 5.82 Å². The number of nitrogen functional groups attached to an aromatic ring is 1. The van der Waals surface area contributed by atoms with Gasteiger partial charge in [-0.05, 0) is 29.7 Å². The number of carbonyl (C=O) groups excluding carboxylic acids is 1. The summed E-state index contributed by atoms with van der Waals surface area (Å²) in [4.78, 5) is 34.5. The maximum absolute atomic E-state index is 13.0. The van der Waals surface area contributed by atoms with Gasteiger partial charge < -0.3 is 25.2 Å². The fourth-order valence-electron chi connectivity index (χ4n) is 3.07. The first kappa shape index (κ1) is 25.5. The number of para-hydroxylation sites is 1. The number of anilines is 1. The van der Waals surface area contributed by atoms with Crippen molar-refractivity contribution in [1.29, 1.82) is 0 Å². The first-order valence-electron chi connectivity index (χ1n) is 10.4. The lowest BCUT2D eigenvalue weighted by atomic mass is 10.2. The monoisotopic (exact) mass is 493 g/mol. The molecule has 0 saturated carbocycles. The van der Waals surface area contributed by atoms with E-state index in [1.807, 2.05) is 0 Å². The van der Waals surface area contributed by atoms with Gasteiger partial charge in [0.05, 0.1) is 6.10 Å². The molecule has 1 saturated heterocycles. The van der Waals surface area contributed by atoms with Crippen LogP contribution >= 0.6 is 8.18 Å². The lowest BCUT2D eigenvalue weighted by Gasteiger charge is -2.17. The molecule has 2 aromatic rings. The molecule has 1 aliphatic heterocycles. The highest BCUT2D eigenvalue weighted by atomic mass is 31.1. The summed E-state index contributed by atoms with van der Waals surface area (Å²) < 4.78 is 30.3. The molecule has 34 heavy (non-hydrogen) atoms. The lowest BCUT2D eigenvalue weighted by Crippen LogP contribution is -2.38. The topological polar surface area (TPSA) is 155 Å². The van der Waals surface area contributed by atoms with Gasteiger partial charge in [-0.25, -0.2) is 4.79 Å². The van der Waals surface area contributed by atoms with Crippen LogP contribution in [0.3, 0.4) is 0 Å². The fourth-order valence-corrected chi connectivity index (χ4v) is 4.00. The number of hydroxylamine groups is 1. The Morgan fingerprint density at radius 2 is 2.18 bits per heavy atom. The number of carbonyl (C=O) groups is 1. The predicted molar refractivity (Wildman–Crippen MR) is 121 cm³/mol. The van der Waals surface area contributed by atoms with Crippen molar-refractivity contribution in [2.45, 2.75) is 37.8 Å². The van der Waals surface area contributed by atoms with Crippen LogP contribution in [0.15, 0.2) is 60.0 Å². The summed E-state index contributed by atoms with van der Waals surface area (Å²) in [7, 11) is -2.72. The molecular formula is C21H26N4O8P+. The molecule has 2 heterocycles. The van der Waals surface area contributed by atoms with Crippen molar-refractivity contribution in [3.05, 3.63) is 65.7 Å². The summed E-state index contributed by atoms with van der Waals surface area (Å²) in [5, 5.41) is 10.4. The Balaban J connectivity index is 1.66. The summed E-state index contributed by atoms with van der Waals surface area (Å²) in [6.45, 7) is 4.61. The van der Waals surface area contributed by atoms with Gasteiger partial charge in [-0.3, -0.25) is 9.36 Å². The third-order valence-electron chi connectivity index (χ3n) is 4.83. The second-order valence-electron chi connectivity index (χ2n) is 7.31. The van der Waals surface area contributed by atoms with Gasteiger partial charge in [0.1, 0.15) is 36.2 Å². The van der Waals surface area contributed by atoms with E-state index in [2.05, 4.69) is 11.6 Å². The predicted octanol–water partition coefficient (Wildman–Crippen LogP) is 1.56. The standard InChI is InChI=1S/C21H25N4O8P/c1-3-11-30-20(27)14(2)25(33-15-7-5-4-6-8-15)34(29)31-13-17-16(26)12-19(32-17)24-10-9-18(22)23-21(24)28/h3-10,14,16-17,19,26H,1,11-13H2,2H3,(H-,22,23,28)/p+1/t14?,16-,17+,19+/m0/s1. The fraction of sp³-hybridized carbons (Fsp3) is 0.381. The zero-order chi connectivity index (χ0) is 24.7. The zero-order valence-corrected chi connectivity index (χ0v) is 19.3. The summed E-state index contributed by atoms with van der Waals surface area (Å²) in [6.07, 6.45) is 0.210. The number of ether oxygens (including phenoxy) is 2. The number of nitrogens with zero attached hydrogens (tertiary/aromatic N) is 3. The van der Waals surface area contributed by atoms with Crippen molar-refractivity contribution in [2.75, 3.05) is 18.9 Å². The molecule has 2 unspecified atom stereocenters. The van der Waals surface area contributed by atoms with Gasteiger partial charge in [0, 0.05) is 12.6 Å². The zero-order valence-electron chi connectivity index (χ0n) is 18.4. The highest BCUT2D eigenvalue weighted by Gasteiger charge is 2.45. The van der Waals surface area contributed by atoms with Gasteiger partial charge in [0.25, 0.3) is 0 Å². The molecule has 182 valence electrons. The third kappa shape index (κ3) is 6.46. The molecule has 0 amide bonds. The quantitative estimate of drug-likeness (QED) is 0.203. The van der Waals surface area contributed by atoms with E-state index in [-0.39, 0.29) is 25.5 Å². The summed E-state index contributed by atoms with van der Waals surface area (Å²) in [6, 6.07) is 8.76. The largest absolute Gasteiger partial charge is 0.653 e. The number of esters is 1. The average Bonchev–Trinajstić information content (AvgIpc) is 3.19. The Hall–Kier alpha value is -3.15. The molecular weight excluding hydrogens is 467 g/mol. The van der Waals surface area contributed by atoms with Gasteiger partial charge in [0.15, 0.2) is 11.8 Å². The van der Waals surface area contributed by atoms with E-state index in [0.717, 1.165) is 4.83 Å². The minimum atomic E-state index is -2.72. The number of nitrogens with two attached hydrogens (primary N) is 1. The molecule has 3 rings (SSSR count). The maximum atomic E-state index is 13.0. The van der Waals surface area contributed by atoms with E-state index in [0.29, 0.717) is 5.75 Å². The second-order valence-corrected chi connectivity index (χ2v) is 8.44. The van der Waals surface area contributed by atoms with Gasteiger partial charge >= 0.3 is 19.8 Å². The molecule has 3 N–H and O–H groups in total. The minimum Gasteiger partial charge on any atom is -0.460 e. The van der Waals surface area contributed by atoms with Crippen LogP contribution in [0.2, 0.25) is 0 Å². The van der Waals surface area contributed by atoms with Crippen LogP contribution < -0.4 is 16.3 Å². The average molecular weight is 493 g/mol. The number of rotatable bonds is 11. The van der Waals surface area contributed by atoms with E-state index in [9.17, 15) is 19.3 Å². The van der Waals surface area contributed by atoms with Gasteiger partial charge in [-0.1, -0.05) is 30.9 Å². The smallest absolute Gasteiger partial charge is 0.460 e. The SMILES string of the molecule is C=CCOC(=O)C(C)N(Oc1ccccc1)[P+](=O)OC[C@H]1O[C@@H](n2ccc(N)nc2=O)C[C@@H]1O. The van der Waals surface area contributed by atoms with Gasteiger partial charge in [-0.15, -0.1) is 4.52 Å². The van der Waals surface area contributed by atoms with E-state index in [4.69, 9.17) is 24.6 Å². The van der Waals surface area contributed by atoms with Crippen molar-refractivity contribution in [3.8, 4) is 5.75 Å². The molecule has 1 fully saturated rings. The Morgan fingerprint density at radius 1 is 1.44 bits per heavy atom. The molecule has 0 bridgehead atoms. The van der Waals surface area contributed by atoms with Crippen LogP contribution in [-0.4, -0.2) is 56.9 Å². The van der Waals surface area contributed by atoms with E-state index in [1.165, 1.54) is 29.8 Å². The molecule has 0 aliphatic carbocycles. The Labute approximate surface area is 196 Å². The number of hydrogen-bond donors (Lipinski definition) is 2. The number of aromatic nitrogens is 2. The van der Waals surface area contributed by atoms with Crippen molar-refractivity contribution in [1.82, 2.24) is 14.4 Å². The Kier molecular flexibility index (Phi) is 8.85. The summed E-state index contributed by atoms with van der Waals surface area (Å²) >= 11 is 0. The molecule has 13 heteroatoms. The van der Waals surface area contributed by atoms with Crippen LogP contribution in [-0.2, 0) is 23.4 Å². The van der Waals surface area contributed by atoms with Crippen LogP contribution in [0, 0.1) is 0 Å². The van der Waals surface area contributed by atoms with Gasteiger partial charge in [0.2, 0.25) is 0 Å². The van der Waals surface area contributed by atoms with Crippen LogP contribution in [0.25, 0.3) is 0 Å². The van der Waals surface area contributed by atoms with E-state index in [1.54, 1.807) is 30.3 Å². The molecule has 0 spiro atoms. The minimum absolute atomic E-state index is 0.0250. The number of aliphatic hydroxyl groups is 1. The summed E-state index contributed by atoms with van der Waals surface area (Å²) in [5.41, 5.74) is 4.87. The first-order chi connectivity index (χ1) is 16.3. The van der Waals surface area contributed by atoms with Crippen LogP contribution in [0.1, 0.15) is 19.6 Å².